The van der Waals surface area contributed by atoms with E-state index in [2.05, 4.69) is 26.1 Å². The molecule has 0 aromatic carbocycles. The minimum absolute atomic E-state index is 0.332. The van der Waals surface area contributed by atoms with Crippen LogP contribution in [0.5, 0.6) is 0 Å². The zero-order valence-corrected chi connectivity index (χ0v) is 12.6. The van der Waals surface area contributed by atoms with Crippen molar-refractivity contribution in [2.75, 3.05) is 6.61 Å². The highest BCUT2D eigenvalue weighted by atomic mass is 79.9. The molecular formula is C12H14BrN3O2S. The van der Waals surface area contributed by atoms with Crippen LogP contribution in [0.3, 0.4) is 0 Å². The molecule has 2 aromatic rings. The third kappa shape index (κ3) is 3.05. The molecule has 2 N–H and O–H groups in total. The van der Waals surface area contributed by atoms with Gasteiger partial charge in [-0.3, -0.25) is 0 Å². The van der Waals surface area contributed by atoms with Gasteiger partial charge in [-0.15, -0.1) is 11.3 Å². The summed E-state index contributed by atoms with van der Waals surface area (Å²) in [6, 6.07) is 3.55. The highest BCUT2D eigenvalue weighted by Crippen LogP contribution is 2.30. The van der Waals surface area contributed by atoms with Gasteiger partial charge < -0.3 is 15.0 Å². The third-order valence-corrected chi connectivity index (χ3v) is 4.73. The van der Waals surface area contributed by atoms with E-state index in [-0.39, 0.29) is 6.04 Å². The van der Waals surface area contributed by atoms with Gasteiger partial charge in [0.2, 0.25) is 0 Å². The van der Waals surface area contributed by atoms with E-state index in [1.165, 1.54) is 6.42 Å². The molecule has 3 rings (SSSR count). The molecule has 1 unspecified atom stereocenters. The summed E-state index contributed by atoms with van der Waals surface area (Å²) in [5, 5.41) is 3.92. The largest absolute Gasteiger partial charge is 0.376 e. The van der Waals surface area contributed by atoms with Gasteiger partial charge in [0.05, 0.1) is 27.4 Å². The number of ether oxygens (including phenoxy) is 1. The number of hydrogen-bond acceptors (Lipinski definition) is 6. The monoisotopic (exact) mass is 343 g/mol. The second kappa shape index (κ2) is 5.70. The molecule has 1 fully saturated rings. The predicted octanol–water partition coefficient (Wildman–Crippen LogP) is 3.13. The van der Waals surface area contributed by atoms with Crippen molar-refractivity contribution in [2.24, 2.45) is 5.73 Å². The summed E-state index contributed by atoms with van der Waals surface area (Å²) in [6.45, 7) is 0.442. The maximum absolute atomic E-state index is 6.00. The SMILES string of the molecule is NC(COC1CCC1)c1noc(-c2ccc(Br)s2)n1. The van der Waals surface area contributed by atoms with Gasteiger partial charge in [0, 0.05) is 0 Å². The molecule has 0 saturated heterocycles. The van der Waals surface area contributed by atoms with Crippen molar-refractivity contribution < 1.29 is 9.26 Å². The van der Waals surface area contributed by atoms with Crippen molar-refractivity contribution in [1.82, 2.24) is 10.1 Å². The highest BCUT2D eigenvalue weighted by molar-refractivity contribution is 9.11. The Kier molecular flexibility index (Phi) is 3.97. The fraction of sp³-hybridized carbons (Fsp3) is 0.500. The van der Waals surface area contributed by atoms with E-state index in [1.54, 1.807) is 11.3 Å². The zero-order valence-electron chi connectivity index (χ0n) is 10.2. The van der Waals surface area contributed by atoms with Gasteiger partial charge in [-0.05, 0) is 47.3 Å². The lowest BCUT2D eigenvalue weighted by Gasteiger charge is -2.26. The van der Waals surface area contributed by atoms with E-state index >= 15 is 0 Å². The zero-order chi connectivity index (χ0) is 13.2. The van der Waals surface area contributed by atoms with Gasteiger partial charge in [0.15, 0.2) is 5.82 Å². The van der Waals surface area contributed by atoms with Crippen LogP contribution in [0.4, 0.5) is 0 Å². The number of hydrogen-bond donors (Lipinski definition) is 1. The minimum Gasteiger partial charge on any atom is -0.376 e. The maximum atomic E-state index is 6.00. The highest BCUT2D eigenvalue weighted by Gasteiger charge is 2.21. The molecule has 7 heteroatoms. The molecule has 1 saturated carbocycles. The molecule has 2 aromatic heterocycles. The Morgan fingerprint density at radius 1 is 1.53 bits per heavy atom. The Morgan fingerprint density at radius 3 is 3.00 bits per heavy atom. The average Bonchev–Trinajstić information content (AvgIpc) is 2.94. The van der Waals surface area contributed by atoms with Crippen molar-refractivity contribution in [3.8, 4) is 10.8 Å². The molecule has 0 aliphatic heterocycles. The smallest absolute Gasteiger partial charge is 0.268 e. The van der Waals surface area contributed by atoms with Crippen LogP contribution in [-0.4, -0.2) is 22.9 Å². The number of rotatable bonds is 5. The average molecular weight is 344 g/mol. The molecule has 2 heterocycles. The van der Waals surface area contributed by atoms with Crippen LogP contribution in [0.1, 0.15) is 31.1 Å². The fourth-order valence-electron chi connectivity index (χ4n) is 1.77. The molecule has 1 aliphatic rings. The van der Waals surface area contributed by atoms with Gasteiger partial charge in [0.25, 0.3) is 5.89 Å². The van der Waals surface area contributed by atoms with Gasteiger partial charge in [-0.1, -0.05) is 5.16 Å². The number of nitrogens with two attached hydrogens (primary N) is 1. The van der Waals surface area contributed by atoms with E-state index in [1.807, 2.05) is 12.1 Å². The standard InChI is InChI=1S/C12H14BrN3O2S/c13-10-5-4-9(19-10)12-15-11(16-18-12)8(14)6-17-7-2-1-3-7/h4-5,7-8H,1-3,6,14H2. The predicted molar refractivity (Wildman–Crippen MR) is 75.8 cm³/mol. The van der Waals surface area contributed by atoms with E-state index in [4.69, 9.17) is 15.0 Å². The van der Waals surface area contributed by atoms with Crippen LogP contribution < -0.4 is 5.73 Å². The van der Waals surface area contributed by atoms with Crippen LogP contribution in [0.15, 0.2) is 20.4 Å². The Balaban J connectivity index is 1.63. The summed E-state index contributed by atoms with van der Waals surface area (Å²) in [6.07, 6.45) is 3.88. The molecule has 1 atom stereocenters. The van der Waals surface area contributed by atoms with Gasteiger partial charge >= 0.3 is 0 Å². The van der Waals surface area contributed by atoms with E-state index < -0.39 is 0 Å². The van der Waals surface area contributed by atoms with Crippen LogP contribution >= 0.6 is 27.3 Å². The lowest BCUT2D eigenvalue weighted by molar-refractivity contribution is -0.00549. The molecule has 5 nitrogen and oxygen atoms in total. The van der Waals surface area contributed by atoms with Crippen molar-refractivity contribution in [3.05, 3.63) is 21.7 Å². The molecule has 1 aliphatic carbocycles. The van der Waals surface area contributed by atoms with E-state index in [0.29, 0.717) is 24.4 Å². The lowest BCUT2D eigenvalue weighted by atomic mass is 9.96. The second-order valence-electron chi connectivity index (χ2n) is 4.55. The summed E-state index contributed by atoms with van der Waals surface area (Å²) in [4.78, 5) is 5.25. The first-order valence-corrected chi connectivity index (χ1v) is 7.80. The number of nitrogens with zero attached hydrogens (tertiary/aromatic N) is 2. The third-order valence-electron chi connectivity index (χ3n) is 3.12. The summed E-state index contributed by atoms with van der Waals surface area (Å²) in [5.74, 6) is 1.00. The molecule has 0 bridgehead atoms. The van der Waals surface area contributed by atoms with Crippen molar-refractivity contribution in [3.63, 3.8) is 0 Å². The van der Waals surface area contributed by atoms with Crippen molar-refractivity contribution >= 4 is 27.3 Å². The first-order valence-electron chi connectivity index (χ1n) is 6.19. The second-order valence-corrected chi connectivity index (χ2v) is 7.02. The van der Waals surface area contributed by atoms with E-state index in [0.717, 1.165) is 21.5 Å². The van der Waals surface area contributed by atoms with Crippen LogP contribution in [0, 0.1) is 0 Å². The molecule has 102 valence electrons. The van der Waals surface area contributed by atoms with Crippen LogP contribution in [-0.2, 0) is 4.74 Å². The first kappa shape index (κ1) is 13.2. The molecule has 0 amide bonds. The Bertz CT molecular complexity index is 553. The summed E-state index contributed by atoms with van der Waals surface area (Å²) < 4.78 is 11.9. The van der Waals surface area contributed by atoms with Gasteiger partial charge in [0.1, 0.15) is 0 Å². The Hall–Kier alpha value is -0.760. The Morgan fingerprint density at radius 2 is 2.37 bits per heavy atom. The number of halogens is 1. The number of aromatic nitrogens is 2. The lowest BCUT2D eigenvalue weighted by Crippen LogP contribution is -2.27. The van der Waals surface area contributed by atoms with Crippen LogP contribution in [0.25, 0.3) is 10.8 Å². The normalized spacial score (nSPS) is 17.4. The Labute approximate surface area is 123 Å². The maximum Gasteiger partial charge on any atom is 0.268 e. The minimum atomic E-state index is -0.332. The fourth-order valence-corrected chi connectivity index (χ4v) is 3.07. The molecule has 0 radical (unpaired) electrons. The van der Waals surface area contributed by atoms with E-state index in [9.17, 15) is 0 Å². The van der Waals surface area contributed by atoms with Gasteiger partial charge in [-0.25, -0.2) is 0 Å². The van der Waals surface area contributed by atoms with Gasteiger partial charge in [-0.2, -0.15) is 4.98 Å². The molecule has 19 heavy (non-hydrogen) atoms. The molecule has 0 spiro atoms. The summed E-state index contributed by atoms with van der Waals surface area (Å²) in [7, 11) is 0. The van der Waals surface area contributed by atoms with Crippen molar-refractivity contribution in [2.45, 2.75) is 31.4 Å². The quantitative estimate of drug-likeness (QED) is 0.902. The van der Waals surface area contributed by atoms with Crippen molar-refractivity contribution in [1.29, 1.82) is 0 Å². The topological polar surface area (TPSA) is 74.2 Å². The first-order chi connectivity index (χ1) is 9.22. The summed E-state index contributed by atoms with van der Waals surface area (Å²) in [5.41, 5.74) is 6.00. The summed E-state index contributed by atoms with van der Waals surface area (Å²) >= 11 is 4.95. The molecular weight excluding hydrogens is 330 g/mol. The van der Waals surface area contributed by atoms with Crippen LogP contribution in [0.2, 0.25) is 0 Å². The number of thiophene rings is 1.